The van der Waals surface area contributed by atoms with E-state index in [1.54, 1.807) is 4.90 Å². The number of aryl methyl sites for hydroxylation is 1. The van der Waals surface area contributed by atoms with Crippen LogP contribution in [0.25, 0.3) is 22.7 Å². The highest BCUT2D eigenvalue weighted by Crippen LogP contribution is 2.33. The first-order valence-electron chi connectivity index (χ1n) is 10.5. The Balaban J connectivity index is 1.39. The number of likely N-dealkylation sites (tertiary alicyclic amines) is 1. The van der Waals surface area contributed by atoms with Gasteiger partial charge >= 0.3 is 0 Å². The summed E-state index contributed by atoms with van der Waals surface area (Å²) >= 11 is 0. The number of quaternary nitrogens is 1. The SMILES string of the molecule is Cc1onc(-c2ccccc2)c1-c1nnc(C[NH+]2CCC[C@@H]3CCCC[C@@H]32)o1. The molecule has 1 unspecified atom stereocenters. The van der Waals surface area contributed by atoms with Crippen LogP contribution in [0.15, 0.2) is 39.3 Å². The van der Waals surface area contributed by atoms with E-state index in [0.29, 0.717) is 11.7 Å². The van der Waals surface area contributed by atoms with Gasteiger partial charge in [-0.15, -0.1) is 10.2 Å². The molecule has 2 fully saturated rings. The van der Waals surface area contributed by atoms with Gasteiger partial charge in [-0.05, 0) is 39.0 Å². The van der Waals surface area contributed by atoms with E-state index in [2.05, 4.69) is 15.4 Å². The molecule has 1 N–H and O–H groups in total. The van der Waals surface area contributed by atoms with Gasteiger partial charge in [-0.3, -0.25) is 0 Å². The number of hydrogen-bond donors (Lipinski definition) is 1. The molecular formula is C22H27N4O2+. The number of rotatable bonds is 4. The van der Waals surface area contributed by atoms with Gasteiger partial charge in [0.1, 0.15) is 17.0 Å². The molecule has 0 bridgehead atoms. The predicted octanol–water partition coefficient (Wildman–Crippen LogP) is 3.44. The Morgan fingerprint density at radius 3 is 2.75 bits per heavy atom. The van der Waals surface area contributed by atoms with Crippen LogP contribution in [0, 0.1) is 12.8 Å². The highest BCUT2D eigenvalue weighted by molar-refractivity contribution is 5.77. The molecule has 1 aliphatic heterocycles. The van der Waals surface area contributed by atoms with Crippen LogP contribution in [0.1, 0.15) is 50.2 Å². The molecule has 0 amide bonds. The third kappa shape index (κ3) is 3.26. The lowest BCUT2D eigenvalue weighted by atomic mass is 9.78. The summed E-state index contributed by atoms with van der Waals surface area (Å²) in [6.07, 6.45) is 8.19. The van der Waals surface area contributed by atoms with Crippen molar-refractivity contribution in [2.45, 2.75) is 58.0 Å². The minimum Gasteiger partial charge on any atom is -0.415 e. The maximum atomic E-state index is 6.11. The van der Waals surface area contributed by atoms with Crippen molar-refractivity contribution in [1.82, 2.24) is 15.4 Å². The lowest BCUT2D eigenvalue weighted by Gasteiger charge is -2.40. The molecule has 0 spiro atoms. The third-order valence-corrected chi connectivity index (χ3v) is 6.48. The fourth-order valence-corrected chi connectivity index (χ4v) is 5.12. The lowest BCUT2D eigenvalue weighted by molar-refractivity contribution is -0.950. The summed E-state index contributed by atoms with van der Waals surface area (Å²) < 4.78 is 11.6. The summed E-state index contributed by atoms with van der Waals surface area (Å²) in [5.41, 5.74) is 2.54. The Morgan fingerprint density at radius 2 is 1.86 bits per heavy atom. The molecule has 1 saturated carbocycles. The number of aromatic nitrogens is 3. The van der Waals surface area contributed by atoms with E-state index in [-0.39, 0.29) is 0 Å². The number of nitrogens with one attached hydrogen (secondary N) is 1. The van der Waals surface area contributed by atoms with Gasteiger partial charge in [0.05, 0.1) is 12.6 Å². The van der Waals surface area contributed by atoms with E-state index in [1.165, 1.54) is 45.1 Å². The van der Waals surface area contributed by atoms with E-state index < -0.39 is 0 Å². The van der Waals surface area contributed by atoms with Crippen LogP contribution in [0.5, 0.6) is 0 Å². The lowest BCUT2D eigenvalue weighted by Crippen LogP contribution is -3.16. The smallest absolute Gasteiger partial charge is 0.271 e. The predicted molar refractivity (Wildman–Crippen MR) is 104 cm³/mol. The molecule has 1 aromatic carbocycles. The van der Waals surface area contributed by atoms with Crippen LogP contribution in [0.2, 0.25) is 0 Å². The van der Waals surface area contributed by atoms with Crippen LogP contribution in [-0.2, 0) is 6.54 Å². The Kier molecular flexibility index (Phi) is 4.72. The molecule has 3 heterocycles. The van der Waals surface area contributed by atoms with Crippen molar-refractivity contribution in [3.63, 3.8) is 0 Å². The number of benzene rings is 1. The van der Waals surface area contributed by atoms with Gasteiger partial charge in [-0.25, -0.2) is 0 Å². The second-order valence-corrected chi connectivity index (χ2v) is 8.21. The van der Waals surface area contributed by atoms with Crippen molar-refractivity contribution in [1.29, 1.82) is 0 Å². The molecule has 2 aromatic heterocycles. The van der Waals surface area contributed by atoms with Crippen LogP contribution in [-0.4, -0.2) is 27.9 Å². The molecule has 1 aliphatic carbocycles. The van der Waals surface area contributed by atoms with Gasteiger partial charge in [0.2, 0.25) is 0 Å². The Bertz CT molecular complexity index is 931. The minimum atomic E-state index is 0.504. The number of fused-ring (bicyclic) bond motifs is 1. The van der Waals surface area contributed by atoms with Crippen molar-refractivity contribution in [3.8, 4) is 22.7 Å². The molecule has 1 saturated heterocycles. The van der Waals surface area contributed by atoms with E-state index in [0.717, 1.165) is 41.2 Å². The monoisotopic (exact) mass is 379 g/mol. The molecule has 6 heteroatoms. The Morgan fingerprint density at radius 1 is 1.04 bits per heavy atom. The zero-order valence-electron chi connectivity index (χ0n) is 16.4. The number of nitrogens with zero attached hydrogens (tertiary/aromatic N) is 3. The zero-order chi connectivity index (χ0) is 18.9. The van der Waals surface area contributed by atoms with E-state index in [9.17, 15) is 0 Å². The molecule has 146 valence electrons. The molecule has 0 radical (unpaired) electrons. The topological polar surface area (TPSA) is 69.4 Å². The van der Waals surface area contributed by atoms with Crippen LogP contribution < -0.4 is 4.90 Å². The first kappa shape index (κ1) is 17.6. The molecule has 6 nitrogen and oxygen atoms in total. The van der Waals surface area contributed by atoms with Gasteiger partial charge in [0.15, 0.2) is 6.54 Å². The summed E-state index contributed by atoms with van der Waals surface area (Å²) in [6, 6.07) is 10.7. The minimum absolute atomic E-state index is 0.504. The van der Waals surface area contributed by atoms with Crippen LogP contribution in [0.4, 0.5) is 0 Å². The van der Waals surface area contributed by atoms with E-state index in [4.69, 9.17) is 8.94 Å². The second kappa shape index (κ2) is 7.51. The van der Waals surface area contributed by atoms with Crippen LogP contribution in [0.3, 0.4) is 0 Å². The molecule has 3 aromatic rings. The van der Waals surface area contributed by atoms with E-state index >= 15 is 0 Å². The largest absolute Gasteiger partial charge is 0.415 e. The van der Waals surface area contributed by atoms with Gasteiger partial charge in [-0.2, -0.15) is 0 Å². The fourth-order valence-electron chi connectivity index (χ4n) is 5.12. The average Bonchev–Trinajstić information content (AvgIpc) is 3.35. The standard InChI is InChI=1S/C22H26N4O2/c1-15-20(21(25-28-15)17-9-3-2-4-10-17)22-24-23-19(27-22)14-26-13-7-11-16-8-5-6-12-18(16)26/h2-4,9-10,16,18H,5-8,11-14H2,1H3/p+1/t16-,18-/m0/s1. The summed E-state index contributed by atoms with van der Waals surface area (Å²) in [6.45, 7) is 3.92. The quantitative estimate of drug-likeness (QED) is 0.752. The summed E-state index contributed by atoms with van der Waals surface area (Å²) in [5, 5.41) is 13.0. The molecule has 5 rings (SSSR count). The van der Waals surface area contributed by atoms with Crippen molar-refractivity contribution in [2.24, 2.45) is 5.92 Å². The van der Waals surface area contributed by atoms with Crippen LogP contribution >= 0.6 is 0 Å². The summed E-state index contributed by atoms with van der Waals surface area (Å²) in [4.78, 5) is 1.62. The van der Waals surface area contributed by atoms with Crippen molar-refractivity contribution in [3.05, 3.63) is 42.0 Å². The highest BCUT2D eigenvalue weighted by Gasteiger charge is 2.37. The first-order chi connectivity index (χ1) is 13.8. The summed E-state index contributed by atoms with van der Waals surface area (Å²) in [7, 11) is 0. The second-order valence-electron chi connectivity index (χ2n) is 8.21. The van der Waals surface area contributed by atoms with Gasteiger partial charge in [-0.1, -0.05) is 41.9 Å². The fraction of sp³-hybridized carbons (Fsp3) is 0.500. The average molecular weight is 379 g/mol. The van der Waals surface area contributed by atoms with Crippen molar-refractivity contribution < 1.29 is 13.8 Å². The third-order valence-electron chi connectivity index (χ3n) is 6.48. The maximum absolute atomic E-state index is 6.11. The van der Waals surface area contributed by atoms with E-state index in [1.807, 2.05) is 37.3 Å². The zero-order valence-corrected chi connectivity index (χ0v) is 16.4. The van der Waals surface area contributed by atoms with Gasteiger partial charge < -0.3 is 13.8 Å². The van der Waals surface area contributed by atoms with Gasteiger partial charge in [0, 0.05) is 11.5 Å². The number of piperidine rings is 1. The molecular weight excluding hydrogens is 352 g/mol. The molecule has 28 heavy (non-hydrogen) atoms. The maximum Gasteiger partial charge on any atom is 0.271 e. The number of hydrogen-bond acceptors (Lipinski definition) is 5. The summed E-state index contributed by atoms with van der Waals surface area (Å²) in [5.74, 6) is 2.80. The Hall–Kier alpha value is -2.47. The Labute approximate surface area is 164 Å². The van der Waals surface area contributed by atoms with Crippen molar-refractivity contribution in [2.75, 3.05) is 6.54 Å². The normalized spacial score (nSPS) is 24.8. The first-order valence-corrected chi connectivity index (χ1v) is 10.5. The molecule has 3 atom stereocenters. The molecule has 2 aliphatic rings. The van der Waals surface area contributed by atoms with Gasteiger partial charge in [0.25, 0.3) is 11.8 Å². The van der Waals surface area contributed by atoms with Crippen molar-refractivity contribution >= 4 is 0 Å². The highest BCUT2D eigenvalue weighted by atomic mass is 16.5.